The molecule has 1 fully saturated rings. The van der Waals surface area contributed by atoms with Crippen molar-refractivity contribution in [2.45, 2.75) is 62.0 Å². The monoisotopic (exact) mass is 477 g/mol. The van der Waals surface area contributed by atoms with Crippen LogP contribution in [0.25, 0.3) is 10.9 Å². The molecule has 178 valence electrons. The molecule has 6 nitrogen and oxygen atoms in total. The van der Waals surface area contributed by atoms with E-state index in [1.807, 2.05) is 66.3 Å². The lowest BCUT2D eigenvalue weighted by molar-refractivity contribution is -0.127. The van der Waals surface area contributed by atoms with Gasteiger partial charge >= 0.3 is 0 Å². The smallest absolute Gasteiger partial charge is 0.275 e. The molecule has 1 N–H and O–H groups in total. The average molecular weight is 478 g/mol. The van der Waals surface area contributed by atoms with Crippen LogP contribution in [0.5, 0.6) is 5.75 Å². The number of hydrogen-bond acceptors (Lipinski definition) is 4. The number of benzene rings is 2. The fourth-order valence-electron chi connectivity index (χ4n) is 5.34. The fourth-order valence-corrected chi connectivity index (χ4v) is 5.79. The van der Waals surface area contributed by atoms with Crippen molar-refractivity contribution in [2.75, 3.05) is 18.3 Å². The van der Waals surface area contributed by atoms with Crippen LogP contribution < -0.4 is 15.0 Å². The number of ether oxygens (including phenoxy) is 1. The maximum atomic E-state index is 14.0. The van der Waals surface area contributed by atoms with Gasteiger partial charge in [-0.15, -0.1) is 11.8 Å². The molecule has 3 aromatic rings. The maximum absolute atomic E-state index is 14.0. The number of carbonyl (C=O) groups is 2. The molecular formula is C27H31N3O3S. The number of methoxy groups -OCH3 is 1. The van der Waals surface area contributed by atoms with Crippen LogP contribution in [0.1, 0.15) is 49.5 Å². The minimum atomic E-state index is -1.08. The lowest BCUT2D eigenvalue weighted by Gasteiger charge is -2.44. The van der Waals surface area contributed by atoms with Gasteiger partial charge in [0.05, 0.1) is 19.2 Å². The number of thioether (sulfide) groups is 1. The largest absolute Gasteiger partial charge is 0.497 e. The van der Waals surface area contributed by atoms with Crippen LogP contribution in [-0.4, -0.2) is 41.3 Å². The minimum Gasteiger partial charge on any atom is -0.497 e. The molecule has 2 heterocycles. The number of amides is 2. The maximum Gasteiger partial charge on any atom is 0.275 e. The molecule has 0 radical (unpaired) electrons. The molecule has 0 spiro atoms. The predicted molar refractivity (Wildman–Crippen MR) is 137 cm³/mol. The Morgan fingerprint density at radius 1 is 1.12 bits per heavy atom. The van der Waals surface area contributed by atoms with Crippen LogP contribution in [0.2, 0.25) is 0 Å². The highest BCUT2D eigenvalue weighted by Gasteiger charge is 2.49. The van der Waals surface area contributed by atoms with Crippen LogP contribution >= 0.6 is 11.8 Å². The van der Waals surface area contributed by atoms with E-state index in [0.29, 0.717) is 12.2 Å². The van der Waals surface area contributed by atoms with Crippen molar-refractivity contribution in [3.8, 4) is 5.75 Å². The average Bonchev–Trinajstić information content (AvgIpc) is 3.22. The van der Waals surface area contributed by atoms with E-state index in [9.17, 15) is 9.59 Å². The summed E-state index contributed by atoms with van der Waals surface area (Å²) in [6.07, 6.45) is 7.48. The highest BCUT2D eigenvalue weighted by molar-refractivity contribution is 7.98. The Balaban J connectivity index is 1.63. The third kappa shape index (κ3) is 3.86. The molecule has 1 aromatic heterocycles. The summed E-state index contributed by atoms with van der Waals surface area (Å²) in [5.41, 5.74) is 1.15. The quantitative estimate of drug-likeness (QED) is 0.511. The van der Waals surface area contributed by atoms with E-state index >= 15 is 0 Å². The van der Waals surface area contributed by atoms with Crippen molar-refractivity contribution < 1.29 is 14.3 Å². The van der Waals surface area contributed by atoms with Crippen molar-refractivity contribution in [3.05, 3.63) is 54.2 Å². The summed E-state index contributed by atoms with van der Waals surface area (Å²) in [6.45, 7) is 2.26. The Labute approximate surface area is 204 Å². The fraction of sp³-hybridized carbons (Fsp3) is 0.407. The molecule has 1 unspecified atom stereocenters. The SMILES string of the molecule is COc1ccc2cc3n(c2c1)CC(C)(C(=O)NC1CCCCC1)N(c1cccc(SC)c1)C3=O. The zero-order valence-corrected chi connectivity index (χ0v) is 20.8. The topological polar surface area (TPSA) is 63.6 Å². The second kappa shape index (κ2) is 9.02. The van der Waals surface area contributed by atoms with Gasteiger partial charge in [0, 0.05) is 28.1 Å². The van der Waals surface area contributed by atoms with Crippen molar-refractivity contribution in [1.29, 1.82) is 0 Å². The standard InChI is InChI=1S/C27H31N3O3S/c1-27(26(32)28-19-8-5-4-6-9-19)17-29-23-16-21(33-2)13-12-18(23)14-24(29)25(31)30(27)20-10-7-11-22(15-20)34-3/h7,10-16,19H,4-6,8-9,17H2,1-3H3,(H,28,32). The third-order valence-electron chi connectivity index (χ3n) is 7.23. The number of anilines is 1. The van der Waals surface area contributed by atoms with Gasteiger partial charge in [0.1, 0.15) is 17.0 Å². The number of rotatable bonds is 5. The first-order valence-electron chi connectivity index (χ1n) is 11.9. The predicted octanol–water partition coefficient (Wildman–Crippen LogP) is 5.24. The molecule has 0 bridgehead atoms. The Morgan fingerprint density at radius 3 is 2.65 bits per heavy atom. The van der Waals surface area contributed by atoms with E-state index in [4.69, 9.17) is 4.74 Å². The molecule has 2 aliphatic rings. The number of nitrogens with zero attached hydrogens (tertiary/aromatic N) is 2. The van der Waals surface area contributed by atoms with Crippen LogP contribution in [0.15, 0.2) is 53.4 Å². The summed E-state index contributed by atoms with van der Waals surface area (Å²) in [6, 6.07) is 15.8. The molecule has 5 rings (SSSR count). The van der Waals surface area contributed by atoms with Crippen molar-refractivity contribution in [1.82, 2.24) is 9.88 Å². The molecule has 1 saturated carbocycles. The second-order valence-corrected chi connectivity index (χ2v) is 10.3. The normalized spacial score (nSPS) is 20.9. The summed E-state index contributed by atoms with van der Waals surface area (Å²) in [7, 11) is 1.63. The number of fused-ring (bicyclic) bond motifs is 3. The van der Waals surface area contributed by atoms with Gasteiger partial charge in [0.2, 0.25) is 5.91 Å². The van der Waals surface area contributed by atoms with Gasteiger partial charge in [-0.3, -0.25) is 14.5 Å². The van der Waals surface area contributed by atoms with Gasteiger partial charge in [0.25, 0.3) is 5.91 Å². The van der Waals surface area contributed by atoms with Crippen LogP contribution in [0, 0.1) is 0 Å². The van der Waals surface area contributed by atoms with Gasteiger partial charge in [-0.2, -0.15) is 0 Å². The molecule has 1 aliphatic heterocycles. The lowest BCUT2D eigenvalue weighted by atomic mass is 9.91. The third-order valence-corrected chi connectivity index (χ3v) is 7.96. The summed E-state index contributed by atoms with van der Waals surface area (Å²) in [4.78, 5) is 30.7. The highest BCUT2D eigenvalue weighted by atomic mass is 32.2. The Bertz CT molecular complexity index is 1250. The molecule has 2 amide bonds. The van der Waals surface area contributed by atoms with E-state index in [2.05, 4.69) is 5.32 Å². The summed E-state index contributed by atoms with van der Waals surface area (Å²) >= 11 is 1.62. The van der Waals surface area contributed by atoms with E-state index in [0.717, 1.165) is 52.9 Å². The van der Waals surface area contributed by atoms with E-state index < -0.39 is 5.54 Å². The Hall–Kier alpha value is -2.93. The first kappa shape index (κ1) is 22.8. The van der Waals surface area contributed by atoms with Gasteiger partial charge < -0.3 is 14.6 Å². The Kier molecular flexibility index (Phi) is 6.06. The first-order valence-corrected chi connectivity index (χ1v) is 13.1. The van der Waals surface area contributed by atoms with Gasteiger partial charge in [0.15, 0.2) is 0 Å². The molecular weight excluding hydrogens is 446 g/mol. The highest BCUT2D eigenvalue weighted by Crippen LogP contribution is 2.38. The molecule has 7 heteroatoms. The molecule has 2 aromatic carbocycles. The number of aromatic nitrogens is 1. The van der Waals surface area contributed by atoms with E-state index in [1.54, 1.807) is 23.8 Å². The molecule has 34 heavy (non-hydrogen) atoms. The van der Waals surface area contributed by atoms with Gasteiger partial charge in [-0.05, 0) is 62.4 Å². The van der Waals surface area contributed by atoms with E-state index in [1.165, 1.54) is 6.42 Å². The van der Waals surface area contributed by atoms with Gasteiger partial charge in [-0.1, -0.05) is 25.3 Å². The zero-order valence-electron chi connectivity index (χ0n) is 20.0. The van der Waals surface area contributed by atoms with Crippen LogP contribution in [0.4, 0.5) is 5.69 Å². The molecule has 1 atom stereocenters. The van der Waals surface area contributed by atoms with Gasteiger partial charge in [-0.25, -0.2) is 0 Å². The Morgan fingerprint density at radius 2 is 1.91 bits per heavy atom. The van der Waals surface area contributed by atoms with Crippen molar-refractivity contribution in [2.24, 2.45) is 0 Å². The van der Waals surface area contributed by atoms with Crippen molar-refractivity contribution in [3.63, 3.8) is 0 Å². The summed E-state index contributed by atoms with van der Waals surface area (Å²) in [5, 5.41) is 4.25. The summed E-state index contributed by atoms with van der Waals surface area (Å²) < 4.78 is 7.42. The number of carbonyl (C=O) groups excluding carboxylic acids is 2. The second-order valence-electron chi connectivity index (χ2n) is 9.46. The molecule has 1 aliphatic carbocycles. The van der Waals surface area contributed by atoms with Crippen molar-refractivity contribution >= 4 is 40.2 Å². The number of hydrogen-bond donors (Lipinski definition) is 1. The van der Waals surface area contributed by atoms with Crippen LogP contribution in [-0.2, 0) is 11.3 Å². The molecule has 0 saturated heterocycles. The zero-order chi connectivity index (χ0) is 23.9. The minimum absolute atomic E-state index is 0.0994. The lowest BCUT2D eigenvalue weighted by Crippen LogP contribution is -2.65. The van der Waals surface area contributed by atoms with E-state index in [-0.39, 0.29) is 17.9 Å². The number of nitrogens with one attached hydrogen (secondary N) is 1. The summed E-state index contributed by atoms with van der Waals surface area (Å²) in [5.74, 6) is 0.461. The van der Waals surface area contributed by atoms with Crippen LogP contribution in [0.3, 0.4) is 0 Å². The first-order chi connectivity index (χ1) is 16.4.